The maximum Gasteiger partial charge on any atom is 0.251 e. The number of anilines is 1. The molecular weight excluding hydrogens is 416 g/mol. The standard InChI is InChI=1S/C23H19BrN2O2/c24-19-6-8-21(9-7-19)26(16-20-3-1-2-13-25-20)23(27)11-5-17-4-10-22-18(15-17)12-14-28-22/h1-11,13,15H,12,14,16H2. The molecule has 0 saturated carbocycles. The van der Waals surface area contributed by atoms with Crippen LogP contribution in [0.4, 0.5) is 5.69 Å². The summed E-state index contributed by atoms with van der Waals surface area (Å²) >= 11 is 3.44. The summed E-state index contributed by atoms with van der Waals surface area (Å²) in [5, 5.41) is 0. The van der Waals surface area contributed by atoms with Crippen LogP contribution in [0.5, 0.6) is 5.75 Å². The van der Waals surface area contributed by atoms with Crippen molar-refractivity contribution in [1.82, 2.24) is 4.98 Å². The van der Waals surface area contributed by atoms with Gasteiger partial charge in [0.15, 0.2) is 0 Å². The Kier molecular flexibility index (Phi) is 5.53. The molecule has 4 nitrogen and oxygen atoms in total. The number of halogens is 1. The van der Waals surface area contributed by atoms with Gasteiger partial charge < -0.3 is 9.64 Å². The number of hydrogen-bond donors (Lipinski definition) is 0. The second-order valence-electron chi connectivity index (χ2n) is 6.52. The molecule has 0 unspecified atom stereocenters. The smallest absolute Gasteiger partial charge is 0.251 e. The molecule has 0 fully saturated rings. The van der Waals surface area contributed by atoms with Crippen LogP contribution in [0.3, 0.4) is 0 Å². The Labute approximate surface area is 172 Å². The minimum absolute atomic E-state index is 0.0928. The molecule has 2 heterocycles. The van der Waals surface area contributed by atoms with Crippen LogP contribution in [0.15, 0.2) is 77.4 Å². The van der Waals surface area contributed by atoms with Crippen molar-refractivity contribution in [2.24, 2.45) is 0 Å². The van der Waals surface area contributed by atoms with Crippen LogP contribution in [0.1, 0.15) is 16.8 Å². The zero-order valence-electron chi connectivity index (χ0n) is 15.2. The SMILES string of the molecule is O=C(C=Cc1ccc2c(c1)CCO2)N(Cc1ccccn1)c1ccc(Br)cc1. The maximum atomic E-state index is 13.0. The molecule has 140 valence electrons. The molecule has 28 heavy (non-hydrogen) atoms. The summed E-state index contributed by atoms with van der Waals surface area (Å²) in [5.41, 5.74) is 3.84. The molecule has 1 aliphatic rings. The predicted molar refractivity (Wildman–Crippen MR) is 114 cm³/mol. The van der Waals surface area contributed by atoms with E-state index in [0.29, 0.717) is 6.54 Å². The molecule has 0 saturated heterocycles. The van der Waals surface area contributed by atoms with Crippen LogP contribution < -0.4 is 9.64 Å². The van der Waals surface area contributed by atoms with E-state index in [1.165, 1.54) is 5.56 Å². The molecular formula is C23H19BrN2O2. The second kappa shape index (κ2) is 8.40. The summed E-state index contributed by atoms with van der Waals surface area (Å²) in [5.74, 6) is 0.847. The fourth-order valence-electron chi connectivity index (χ4n) is 3.14. The first-order valence-corrected chi connectivity index (χ1v) is 9.89. The predicted octanol–water partition coefficient (Wildman–Crippen LogP) is 5.03. The lowest BCUT2D eigenvalue weighted by Crippen LogP contribution is -2.29. The quantitative estimate of drug-likeness (QED) is 0.529. The van der Waals surface area contributed by atoms with Gasteiger partial charge in [0.1, 0.15) is 5.75 Å². The third-order valence-electron chi connectivity index (χ3n) is 4.58. The van der Waals surface area contributed by atoms with E-state index in [4.69, 9.17) is 4.74 Å². The van der Waals surface area contributed by atoms with Crippen molar-refractivity contribution in [1.29, 1.82) is 0 Å². The Bertz CT molecular complexity index is 1000. The number of benzene rings is 2. The Morgan fingerprint density at radius 3 is 2.79 bits per heavy atom. The Morgan fingerprint density at radius 1 is 1.14 bits per heavy atom. The highest BCUT2D eigenvalue weighted by molar-refractivity contribution is 9.10. The maximum absolute atomic E-state index is 13.0. The van der Waals surface area contributed by atoms with Crippen molar-refractivity contribution < 1.29 is 9.53 Å². The van der Waals surface area contributed by atoms with Crippen LogP contribution in [0.2, 0.25) is 0 Å². The van der Waals surface area contributed by atoms with E-state index in [1.54, 1.807) is 17.2 Å². The summed E-state index contributed by atoms with van der Waals surface area (Å²) in [6.07, 6.45) is 6.12. The van der Waals surface area contributed by atoms with Crippen molar-refractivity contribution in [2.45, 2.75) is 13.0 Å². The van der Waals surface area contributed by atoms with Crippen molar-refractivity contribution >= 4 is 33.6 Å². The molecule has 5 heteroatoms. The molecule has 0 atom stereocenters. The number of hydrogen-bond acceptors (Lipinski definition) is 3. The fraction of sp³-hybridized carbons (Fsp3) is 0.130. The van der Waals surface area contributed by atoms with Gasteiger partial charge in [0.25, 0.3) is 5.91 Å². The fourth-order valence-corrected chi connectivity index (χ4v) is 3.40. The molecule has 1 amide bonds. The number of pyridine rings is 1. The Balaban J connectivity index is 1.58. The number of carbonyl (C=O) groups is 1. The lowest BCUT2D eigenvalue weighted by molar-refractivity contribution is -0.114. The van der Waals surface area contributed by atoms with Crippen LogP contribution in [0, 0.1) is 0 Å². The van der Waals surface area contributed by atoms with Crippen molar-refractivity contribution in [3.63, 3.8) is 0 Å². The number of carbonyl (C=O) groups excluding carboxylic acids is 1. The molecule has 0 N–H and O–H groups in total. The average Bonchev–Trinajstić information content (AvgIpc) is 3.20. The van der Waals surface area contributed by atoms with Gasteiger partial charge >= 0.3 is 0 Å². The molecule has 1 aromatic heterocycles. The molecule has 2 aromatic carbocycles. The highest BCUT2D eigenvalue weighted by Gasteiger charge is 2.15. The monoisotopic (exact) mass is 434 g/mol. The van der Waals surface area contributed by atoms with E-state index in [1.807, 2.05) is 60.7 Å². The van der Waals surface area contributed by atoms with Gasteiger partial charge in [-0.3, -0.25) is 9.78 Å². The van der Waals surface area contributed by atoms with Gasteiger partial charge in [-0.25, -0.2) is 0 Å². The second-order valence-corrected chi connectivity index (χ2v) is 7.44. The van der Waals surface area contributed by atoms with Crippen LogP contribution >= 0.6 is 15.9 Å². The summed E-state index contributed by atoms with van der Waals surface area (Å²) < 4.78 is 6.51. The van der Waals surface area contributed by atoms with Crippen molar-refractivity contribution in [3.8, 4) is 5.75 Å². The lowest BCUT2D eigenvalue weighted by Gasteiger charge is -2.21. The van der Waals surface area contributed by atoms with Gasteiger partial charge in [-0.15, -0.1) is 0 Å². The van der Waals surface area contributed by atoms with E-state index in [2.05, 4.69) is 27.0 Å². The van der Waals surface area contributed by atoms with Crippen LogP contribution in [0.25, 0.3) is 6.08 Å². The average molecular weight is 435 g/mol. The number of aromatic nitrogens is 1. The minimum atomic E-state index is -0.0928. The van der Waals surface area contributed by atoms with E-state index >= 15 is 0 Å². The Morgan fingerprint density at radius 2 is 2.00 bits per heavy atom. The van der Waals surface area contributed by atoms with Crippen molar-refractivity contribution in [3.05, 3.63) is 94.2 Å². The molecule has 0 aliphatic carbocycles. The van der Waals surface area contributed by atoms with E-state index in [0.717, 1.165) is 40.2 Å². The van der Waals surface area contributed by atoms with Gasteiger partial charge in [0.05, 0.1) is 18.8 Å². The molecule has 0 bridgehead atoms. The normalized spacial score (nSPS) is 12.6. The highest BCUT2D eigenvalue weighted by Crippen LogP contribution is 2.26. The first-order chi connectivity index (χ1) is 13.7. The molecule has 1 aliphatic heterocycles. The van der Waals surface area contributed by atoms with Crippen LogP contribution in [-0.4, -0.2) is 17.5 Å². The summed E-state index contributed by atoms with van der Waals surface area (Å²) in [7, 11) is 0. The summed E-state index contributed by atoms with van der Waals surface area (Å²) in [6, 6.07) is 19.4. The third-order valence-corrected chi connectivity index (χ3v) is 5.11. The molecule has 0 spiro atoms. The first-order valence-electron chi connectivity index (χ1n) is 9.10. The number of fused-ring (bicyclic) bond motifs is 1. The molecule has 4 rings (SSSR count). The van der Waals surface area contributed by atoms with Gasteiger partial charge in [-0.2, -0.15) is 0 Å². The number of rotatable bonds is 5. The third kappa shape index (κ3) is 4.31. The van der Waals surface area contributed by atoms with Gasteiger partial charge in [-0.1, -0.05) is 28.1 Å². The molecule has 0 radical (unpaired) electrons. The van der Waals surface area contributed by atoms with Gasteiger partial charge in [0, 0.05) is 28.9 Å². The molecule has 3 aromatic rings. The topological polar surface area (TPSA) is 42.4 Å². The summed E-state index contributed by atoms with van der Waals surface area (Å²) in [4.78, 5) is 19.1. The van der Waals surface area contributed by atoms with Gasteiger partial charge in [0.2, 0.25) is 0 Å². The van der Waals surface area contributed by atoms with Crippen molar-refractivity contribution in [2.75, 3.05) is 11.5 Å². The van der Waals surface area contributed by atoms with E-state index in [9.17, 15) is 4.79 Å². The number of amides is 1. The number of ether oxygens (including phenoxy) is 1. The Hall–Kier alpha value is -2.92. The van der Waals surface area contributed by atoms with E-state index < -0.39 is 0 Å². The lowest BCUT2D eigenvalue weighted by atomic mass is 10.1. The summed E-state index contributed by atoms with van der Waals surface area (Å²) in [6.45, 7) is 1.13. The first kappa shape index (κ1) is 18.4. The largest absolute Gasteiger partial charge is 0.493 e. The van der Waals surface area contributed by atoms with E-state index in [-0.39, 0.29) is 5.91 Å². The minimum Gasteiger partial charge on any atom is -0.493 e. The number of nitrogens with zero attached hydrogens (tertiary/aromatic N) is 2. The zero-order chi connectivity index (χ0) is 19.3. The zero-order valence-corrected chi connectivity index (χ0v) is 16.8. The van der Waals surface area contributed by atoms with Crippen LogP contribution in [-0.2, 0) is 17.8 Å². The van der Waals surface area contributed by atoms with Gasteiger partial charge in [-0.05, 0) is 65.7 Å². The highest BCUT2D eigenvalue weighted by atomic mass is 79.9.